The van der Waals surface area contributed by atoms with Crippen molar-refractivity contribution in [3.05, 3.63) is 5.01 Å². The van der Waals surface area contributed by atoms with Crippen LogP contribution in [-0.4, -0.2) is 29.2 Å². The predicted octanol–water partition coefficient (Wildman–Crippen LogP) is 2.30. The van der Waals surface area contributed by atoms with Crippen molar-refractivity contribution < 1.29 is 0 Å². The third kappa shape index (κ3) is 2.17. The van der Waals surface area contributed by atoms with Gasteiger partial charge in [0.1, 0.15) is 5.01 Å². The third-order valence-corrected chi connectivity index (χ3v) is 3.86. The third-order valence-electron chi connectivity index (χ3n) is 2.52. The molecule has 1 aliphatic heterocycles. The SMILES string of the molecule is Cc1nnc(N2CCCC(CCl)C2)s1. The molecule has 0 radical (unpaired) electrons. The molecule has 0 N–H and O–H groups in total. The average Bonchev–Trinajstić information content (AvgIpc) is 2.65. The zero-order valence-corrected chi connectivity index (χ0v) is 9.81. The average molecular weight is 232 g/mol. The van der Waals surface area contributed by atoms with Crippen molar-refractivity contribution in [3.63, 3.8) is 0 Å². The highest BCUT2D eigenvalue weighted by Crippen LogP contribution is 2.26. The van der Waals surface area contributed by atoms with E-state index in [0.717, 1.165) is 29.1 Å². The molecule has 2 heterocycles. The molecule has 1 unspecified atom stereocenters. The van der Waals surface area contributed by atoms with Gasteiger partial charge >= 0.3 is 0 Å². The van der Waals surface area contributed by atoms with E-state index < -0.39 is 0 Å². The van der Waals surface area contributed by atoms with Crippen LogP contribution in [0.1, 0.15) is 17.8 Å². The second-order valence-electron chi connectivity index (χ2n) is 3.71. The van der Waals surface area contributed by atoms with Crippen LogP contribution in [0.4, 0.5) is 5.13 Å². The van der Waals surface area contributed by atoms with Gasteiger partial charge in [0, 0.05) is 19.0 Å². The first-order valence-electron chi connectivity index (χ1n) is 4.90. The lowest BCUT2D eigenvalue weighted by Gasteiger charge is -2.31. The molecular formula is C9H14ClN3S. The van der Waals surface area contributed by atoms with E-state index in [1.54, 1.807) is 11.3 Å². The molecule has 0 aromatic carbocycles. The van der Waals surface area contributed by atoms with E-state index in [4.69, 9.17) is 11.6 Å². The van der Waals surface area contributed by atoms with Gasteiger partial charge in [-0.15, -0.1) is 21.8 Å². The fourth-order valence-corrected chi connectivity index (χ4v) is 2.75. The Labute approximate surface area is 93.1 Å². The van der Waals surface area contributed by atoms with Crippen molar-refractivity contribution in [1.82, 2.24) is 10.2 Å². The van der Waals surface area contributed by atoms with Crippen molar-refractivity contribution in [2.24, 2.45) is 5.92 Å². The minimum absolute atomic E-state index is 0.620. The van der Waals surface area contributed by atoms with Crippen LogP contribution in [0.5, 0.6) is 0 Å². The molecule has 3 nitrogen and oxygen atoms in total. The van der Waals surface area contributed by atoms with E-state index in [9.17, 15) is 0 Å². The Bertz CT molecular complexity index is 302. The monoisotopic (exact) mass is 231 g/mol. The fraction of sp³-hybridized carbons (Fsp3) is 0.778. The summed E-state index contributed by atoms with van der Waals surface area (Å²) in [5.41, 5.74) is 0. The van der Waals surface area contributed by atoms with Crippen LogP contribution in [0.15, 0.2) is 0 Å². The van der Waals surface area contributed by atoms with Crippen LogP contribution in [0.25, 0.3) is 0 Å². The number of rotatable bonds is 2. The van der Waals surface area contributed by atoms with Crippen molar-refractivity contribution in [2.75, 3.05) is 23.9 Å². The molecular weight excluding hydrogens is 218 g/mol. The van der Waals surface area contributed by atoms with Gasteiger partial charge in [-0.2, -0.15) is 0 Å². The van der Waals surface area contributed by atoms with Crippen molar-refractivity contribution in [1.29, 1.82) is 0 Å². The highest BCUT2D eigenvalue weighted by atomic mass is 35.5. The molecule has 0 bridgehead atoms. The largest absolute Gasteiger partial charge is 0.346 e. The van der Waals surface area contributed by atoms with Crippen LogP contribution in [0, 0.1) is 12.8 Å². The van der Waals surface area contributed by atoms with Crippen molar-refractivity contribution >= 4 is 28.1 Å². The lowest BCUT2D eigenvalue weighted by Crippen LogP contribution is -2.36. The summed E-state index contributed by atoms with van der Waals surface area (Å²) < 4.78 is 0. The van der Waals surface area contributed by atoms with Crippen LogP contribution in [0.2, 0.25) is 0 Å². The number of hydrogen-bond acceptors (Lipinski definition) is 4. The number of alkyl halides is 1. The van der Waals surface area contributed by atoms with Gasteiger partial charge in [0.25, 0.3) is 0 Å². The van der Waals surface area contributed by atoms with Crippen LogP contribution in [0.3, 0.4) is 0 Å². The first kappa shape index (κ1) is 10.2. The molecule has 1 aromatic heterocycles. The lowest BCUT2D eigenvalue weighted by atomic mass is 10.0. The fourth-order valence-electron chi connectivity index (χ4n) is 1.78. The normalized spacial score (nSPS) is 22.7. The molecule has 5 heteroatoms. The molecule has 1 atom stereocenters. The van der Waals surface area contributed by atoms with E-state index in [0.29, 0.717) is 5.92 Å². The summed E-state index contributed by atoms with van der Waals surface area (Å²) in [4.78, 5) is 2.31. The molecule has 14 heavy (non-hydrogen) atoms. The Balaban J connectivity index is 2.04. The molecule has 1 aliphatic rings. The first-order chi connectivity index (χ1) is 6.79. The summed E-state index contributed by atoms with van der Waals surface area (Å²) in [5, 5.41) is 10.3. The quantitative estimate of drug-likeness (QED) is 0.732. The van der Waals surface area contributed by atoms with Crippen LogP contribution >= 0.6 is 22.9 Å². The number of aromatic nitrogens is 2. The van der Waals surface area contributed by atoms with E-state index in [-0.39, 0.29) is 0 Å². The van der Waals surface area contributed by atoms with E-state index in [2.05, 4.69) is 15.1 Å². The predicted molar refractivity (Wildman–Crippen MR) is 60.3 cm³/mol. The Hall–Kier alpha value is -0.350. The first-order valence-corrected chi connectivity index (χ1v) is 6.25. The van der Waals surface area contributed by atoms with Gasteiger partial charge < -0.3 is 4.90 Å². The van der Waals surface area contributed by atoms with Gasteiger partial charge in [-0.05, 0) is 25.7 Å². The van der Waals surface area contributed by atoms with Gasteiger partial charge in [0.15, 0.2) is 0 Å². The van der Waals surface area contributed by atoms with Crippen molar-refractivity contribution in [2.45, 2.75) is 19.8 Å². The highest BCUT2D eigenvalue weighted by Gasteiger charge is 2.21. The smallest absolute Gasteiger partial charge is 0.208 e. The second-order valence-corrected chi connectivity index (χ2v) is 5.18. The van der Waals surface area contributed by atoms with E-state index in [1.807, 2.05) is 6.92 Å². The summed E-state index contributed by atoms with van der Waals surface area (Å²) in [7, 11) is 0. The summed E-state index contributed by atoms with van der Waals surface area (Å²) >= 11 is 7.55. The Morgan fingerprint density at radius 1 is 1.57 bits per heavy atom. The molecule has 1 aromatic rings. The molecule has 1 saturated heterocycles. The number of piperidine rings is 1. The number of aryl methyl sites for hydroxylation is 1. The number of hydrogen-bond donors (Lipinski definition) is 0. The maximum absolute atomic E-state index is 5.88. The standard InChI is InChI=1S/C9H14ClN3S/c1-7-11-12-9(14-7)13-4-2-3-8(5-10)6-13/h8H,2-6H2,1H3. The molecule has 0 aliphatic carbocycles. The molecule has 2 rings (SSSR count). The minimum Gasteiger partial charge on any atom is -0.346 e. The summed E-state index contributed by atoms with van der Waals surface area (Å²) in [6.07, 6.45) is 2.47. The zero-order chi connectivity index (χ0) is 9.97. The van der Waals surface area contributed by atoms with Gasteiger partial charge in [-0.3, -0.25) is 0 Å². The maximum Gasteiger partial charge on any atom is 0.208 e. The number of nitrogens with zero attached hydrogens (tertiary/aromatic N) is 3. The molecule has 0 amide bonds. The topological polar surface area (TPSA) is 29.0 Å². The van der Waals surface area contributed by atoms with Crippen LogP contribution in [-0.2, 0) is 0 Å². The van der Waals surface area contributed by atoms with E-state index in [1.165, 1.54) is 12.8 Å². The highest BCUT2D eigenvalue weighted by molar-refractivity contribution is 7.15. The van der Waals surface area contributed by atoms with Gasteiger partial charge in [-0.25, -0.2) is 0 Å². The zero-order valence-electron chi connectivity index (χ0n) is 8.24. The second kappa shape index (κ2) is 4.45. The number of anilines is 1. The molecule has 1 fully saturated rings. The van der Waals surface area contributed by atoms with Gasteiger partial charge in [-0.1, -0.05) is 11.3 Å². The Morgan fingerprint density at radius 2 is 2.43 bits per heavy atom. The molecule has 0 spiro atoms. The summed E-state index contributed by atoms with van der Waals surface area (Å²) in [5.74, 6) is 1.38. The Kier molecular flexibility index (Phi) is 3.23. The Morgan fingerprint density at radius 3 is 3.07 bits per heavy atom. The minimum atomic E-state index is 0.620. The van der Waals surface area contributed by atoms with E-state index >= 15 is 0 Å². The molecule has 0 saturated carbocycles. The van der Waals surface area contributed by atoms with Crippen LogP contribution < -0.4 is 4.90 Å². The maximum atomic E-state index is 5.88. The molecule has 78 valence electrons. The summed E-state index contributed by atoms with van der Waals surface area (Å²) in [6, 6.07) is 0. The van der Waals surface area contributed by atoms with Gasteiger partial charge in [0.05, 0.1) is 0 Å². The lowest BCUT2D eigenvalue weighted by molar-refractivity contribution is 0.450. The van der Waals surface area contributed by atoms with Gasteiger partial charge in [0.2, 0.25) is 5.13 Å². The van der Waals surface area contributed by atoms with Crippen molar-refractivity contribution in [3.8, 4) is 0 Å². The summed E-state index contributed by atoms with van der Waals surface area (Å²) in [6.45, 7) is 4.13. The number of halogens is 1.